The fourth-order valence-corrected chi connectivity index (χ4v) is 3.64. The molecule has 0 radical (unpaired) electrons. The van der Waals surface area contributed by atoms with Crippen molar-refractivity contribution in [3.63, 3.8) is 0 Å². The number of rotatable bonds is 5. The van der Waals surface area contributed by atoms with Gasteiger partial charge in [-0.05, 0) is 43.2 Å². The molecule has 3 aromatic rings. The molecule has 2 aromatic carbocycles. The fourth-order valence-electron chi connectivity index (χ4n) is 3.64. The highest BCUT2D eigenvalue weighted by molar-refractivity contribution is 6.01. The molecule has 1 amide bonds. The molecule has 7 heteroatoms. The fraction of sp³-hybridized carbons (Fsp3) is 0.304. The molecule has 1 N–H and O–H groups in total. The number of amides is 1. The number of aromatic nitrogens is 2. The summed E-state index contributed by atoms with van der Waals surface area (Å²) in [6.07, 6.45) is 1.92. The van der Waals surface area contributed by atoms with Gasteiger partial charge >= 0.3 is 0 Å². The zero-order valence-corrected chi connectivity index (χ0v) is 17.2. The number of ether oxygens (including phenoxy) is 1. The predicted molar refractivity (Wildman–Crippen MR) is 111 cm³/mol. The molecule has 0 saturated heterocycles. The first-order valence-corrected chi connectivity index (χ1v) is 10.0. The van der Waals surface area contributed by atoms with Crippen molar-refractivity contribution in [1.82, 2.24) is 15.5 Å². The van der Waals surface area contributed by atoms with Gasteiger partial charge in [0.2, 0.25) is 5.82 Å². The highest BCUT2D eigenvalue weighted by Gasteiger charge is 2.37. The van der Waals surface area contributed by atoms with E-state index in [1.54, 1.807) is 43.4 Å². The van der Waals surface area contributed by atoms with Gasteiger partial charge in [-0.3, -0.25) is 9.59 Å². The molecule has 0 fully saturated rings. The highest BCUT2D eigenvalue weighted by Crippen LogP contribution is 2.39. The molecule has 1 aromatic heterocycles. The number of Topliss-reactive ketones (excluding diaryl/α,β-unsaturated/α-hetero) is 1. The van der Waals surface area contributed by atoms with Crippen molar-refractivity contribution in [2.75, 3.05) is 7.05 Å². The summed E-state index contributed by atoms with van der Waals surface area (Å²) >= 11 is 0. The average molecular weight is 405 g/mol. The minimum atomic E-state index is -0.426. The van der Waals surface area contributed by atoms with Crippen molar-refractivity contribution in [2.45, 2.75) is 38.7 Å². The number of nitrogens with zero attached hydrogens (tertiary/aromatic N) is 2. The van der Waals surface area contributed by atoms with Gasteiger partial charge in [-0.2, -0.15) is 4.98 Å². The van der Waals surface area contributed by atoms with E-state index in [4.69, 9.17) is 9.26 Å². The Bertz CT molecular complexity index is 1100. The third-order valence-corrected chi connectivity index (χ3v) is 5.68. The van der Waals surface area contributed by atoms with E-state index in [9.17, 15) is 9.59 Å². The van der Waals surface area contributed by atoms with Crippen molar-refractivity contribution in [2.24, 2.45) is 0 Å². The molecule has 4 rings (SSSR count). The lowest BCUT2D eigenvalue weighted by Crippen LogP contribution is -2.40. The van der Waals surface area contributed by atoms with E-state index in [0.717, 1.165) is 18.4 Å². The highest BCUT2D eigenvalue weighted by atomic mass is 16.5. The van der Waals surface area contributed by atoms with Crippen LogP contribution in [-0.4, -0.2) is 34.5 Å². The second-order valence-electron chi connectivity index (χ2n) is 7.38. The van der Waals surface area contributed by atoms with Crippen molar-refractivity contribution >= 4 is 11.7 Å². The van der Waals surface area contributed by atoms with Crippen LogP contribution in [0.3, 0.4) is 0 Å². The van der Waals surface area contributed by atoms with Crippen molar-refractivity contribution in [1.29, 1.82) is 0 Å². The summed E-state index contributed by atoms with van der Waals surface area (Å²) in [6.45, 7) is 4.08. The van der Waals surface area contributed by atoms with Gasteiger partial charge in [-0.1, -0.05) is 31.1 Å². The Morgan fingerprint density at radius 3 is 2.47 bits per heavy atom. The predicted octanol–water partition coefficient (Wildman–Crippen LogP) is 4.29. The Kier molecular flexibility index (Phi) is 5.11. The summed E-state index contributed by atoms with van der Waals surface area (Å²) in [7, 11) is 1.58. The number of fused-ring (bicyclic) bond motifs is 1. The molecule has 1 aliphatic heterocycles. The summed E-state index contributed by atoms with van der Waals surface area (Å²) in [5.74, 6) is 1.23. The Morgan fingerprint density at radius 1 is 1.10 bits per heavy atom. The van der Waals surface area contributed by atoms with Gasteiger partial charge in [0, 0.05) is 23.7 Å². The van der Waals surface area contributed by atoms with E-state index < -0.39 is 5.60 Å². The first-order chi connectivity index (χ1) is 14.5. The molecular formula is C23H23N3O4. The summed E-state index contributed by atoms with van der Waals surface area (Å²) in [5, 5.41) is 6.62. The Hall–Kier alpha value is -3.48. The number of nitrogens with one attached hydrogen (secondary N) is 1. The standard InChI is InChI=1S/C23H23N3O4/c1-4-23(5-2)13-18(27)17-12-16(10-11-19(17)29-23)22-25-20(26-30-22)14-6-8-15(9-7-14)21(28)24-3/h6-12H,4-5,13H2,1-3H3,(H,24,28). The summed E-state index contributed by atoms with van der Waals surface area (Å²) in [4.78, 5) is 28.9. The Balaban J connectivity index is 1.61. The minimum Gasteiger partial charge on any atom is -0.486 e. The smallest absolute Gasteiger partial charge is 0.258 e. The van der Waals surface area contributed by atoms with Crippen LogP contribution in [0.2, 0.25) is 0 Å². The van der Waals surface area contributed by atoms with Crippen LogP contribution in [0.15, 0.2) is 47.0 Å². The SMILES string of the molecule is CCC1(CC)CC(=O)c2cc(-c3nc(-c4ccc(C(=O)NC)cc4)no3)ccc2O1. The van der Waals surface area contributed by atoms with Gasteiger partial charge < -0.3 is 14.6 Å². The van der Waals surface area contributed by atoms with E-state index in [-0.39, 0.29) is 11.7 Å². The van der Waals surface area contributed by atoms with Crippen molar-refractivity contribution in [3.8, 4) is 28.6 Å². The molecular weight excluding hydrogens is 382 g/mol. The van der Waals surface area contributed by atoms with Gasteiger partial charge in [0.25, 0.3) is 11.8 Å². The van der Waals surface area contributed by atoms with E-state index in [0.29, 0.717) is 40.6 Å². The zero-order chi connectivity index (χ0) is 21.3. The molecule has 0 aliphatic carbocycles. The van der Waals surface area contributed by atoms with Crippen molar-refractivity contribution < 1.29 is 18.8 Å². The summed E-state index contributed by atoms with van der Waals surface area (Å²) < 4.78 is 11.6. The van der Waals surface area contributed by atoms with E-state index >= 15 is 0 Å². The molecule has 2 heterocycles. The van der Waals surface area contributed by atoms with Crippen LogP contribution in [0.5, 0.6) is 5.75 Å². The van der Waals surface area contributed by atoms with Crippen LogP contribution in [0, 0.1) is 0 Å². The molecule has 1 aliphatic rings. The lowest BCUT2D eigenvalue weighted by atomic mass is 9.85. The first-order valence-electron chi connectivity index (χ1n) is 10.0. The molecule has 7 nitrogen and oxygen atoms in total. The van der Waals surface area contributed by atoms with E-state index in [2.05, 4.69) is 15.5 Å². The zero-order valence-electron chi connectivity index (χ0n) is 17.2. The molecule has 0 saturated carbocycles. The normalized spacial score (nSPS) is 14.7. The Labute approximate surface area is 174 Å². The average Bonchev–Trinajstić information content (AvgIpc) is 3.28. The number of carbonyl (C=O) groups is 2. The Morgan fingerprint density at radius 2 is 1.80 bits per heavy atom. The van der Waals surface area contributed by atoms with Crippen LogP contribution >= 0.6 is 0 Å². The van der Waals surface area contributed by atoms with Crippen LogP contribution in [0.1, 0.15) is 53.8 Å². The van der Waals surface area contributed by atoms with Gasteiger partial charge in [0.15, 0.2) is 5.78 Å². The third kappa shape index (κ3) is 3.47. The lowest BCUT2D eigenvalue weighted by molar-refractivity contribution is 0.0350. The second kappa shape index (κ2) is 7.74. The monoisotopic (exact) mass is 405 g/mol. The van der Waals surface area contributed by atoms with Crippen molar-refractivity contribution in [3.05, 3.63) is 53.6 Å². The maximum Gasteiger partial charge on any atom is 0.258 e. The number of hydrogen-bond acceptors (Lipinski definition) is 6. The topological polar surface area (TPSA) is 94.3 Å². The number of carbonyl (C=O) groups excluding carboxylic acids is 2. The molecule has 0 spiro atoms. The van der Waals surface area contributed by atoms with Gasteiger partial charge in [-0.25, -0.2) is 0 Å². The van der Waals surface area contributed by atoms with Gasteiger partial charge in [-0.15, -0.1) is 0 Å². The summed E-state index contributed by atoms with van der Waals surface area (Å²) in [6, 6.07) is 12.3. The van der Waals surface area contributed by atoms with E-state index in [1.165, 1.54) is 0 Å². The number of benzene rings is 2. The third-order valence-electron chi connectivity index (χ3n) is 5.68. The maximum absolute atomic E-state index is 12.8. The molecule has 0 bridgehead atoms. The summed E-state index contributed by atoms with van der Waals surface area (Å²) in [5.41, 5.74) is 2.05. The minimum absolute atomic E-state index is 0.0614. The van der Waals surface area contributed by atoms with E-state index in [1.807, 2.05) is 19.9 Å². The molecule has 0 unspecified atom stereocenters. The molecule has 154 valence electrons. The first kappa shape index (κ1) is 19.8. The quantitative estimate of drug-likeness (QED) is 0.681. The lowest BCUT2D eigenvalue weighted by Gasteiger charge is -2.36. The van der Waals surface area contributed by atoms with Crippen LogP contribution in [0.4, 0.5) is 0 Å². The maximum atomic E-state index is 12.8. The van der Waals surface area contributed by atoms with Crippen LogP contribution < -0.4 is 10.1 Å². The van der Waals surface area contributed by atoms with Crippen LogP contribution in [-0.2, 0) is 0 Å². The van der Waals surface area contributed by atoms with Crippen LogP contribution in [0.25, 0.3) is 22.8 Å². The van der Waals surface area contributed by atoms with Gasteiger partial charge in [0.1, 0.15) is 11.4 Å². The number of ketones is 1. The van der Waals surface area contributed by atoms with Gasteiger partial charge in [0.05, 0.1) is 12.0 Å². The molecule has 0 atom stereocenters. The largest absolute Gasteiger partial charge is 0.486 e. The number of hydrogen-bond donors (Lipinski definition) is 1. The molecule has 30 heavy (non-hydrogen) atoms. The second-order valence-corrected chi connectivity index (χ2v) is 7.38.